The number of nitrogens with one attached hydrogen (secondary N) is 1. The van der Waals surface area contributed by atoms with Gasteiger partial charge in [0, 0.05) is 6.20 Å². The highest BCUT2D eigenvalue weighted by molar-refractivity contribution is 5.77. The number of aliphatic hydroxyl groups is 4. The number of rotatable bonds is 3. The van der Waals surface area contributed by atoms with Crippen LogP contribution in [-0.2, 0) is 4.74 Å². The molecule has 0 spiro atoms. The van der Waals surface area contributed by atoms with Crippen LogP contribution < -0.4 is 11.1 Å². The highest BCUT2D eigenvalue weighted by atomic mass is 19.1. The number of carbonyl (C=O) groups is 1. The Balaban J connectivity index is 2.28. The van der Waals surface area contributed by atoms with Crippen LogP contribution in [0.2, 0.25) is 0 Å². The van der Waals surface area contributed by atoms with Gasteiger partial charge in [0.2, 0.25) is 0 Å². The smallest absolute Gasteiger partial charge is 0.325 e. The molecule has 20 heavy (non-hydrogen) atoms. The number of halogens is 1. The Morgan fingerprint density at radius 1 is 1.45 bits per heavy atom. The van der Waals surface area contributed by atoms with E-state index in [1.54, 1.807) is 0 Å². The molecule has 2 heterocycles. The van der Waals surface area contributed by atoms with E-state index >= 15 is 0 Å². The third-order valence-corrected chi connectivity index (χ3v) is 3.39. The molecule has 0 aromatic carbocycles. The number of nitrogens with zero attached hydrogens (tertiary/aromatic N) is 1. The molecule has 2 aliphatic heterocycles. The molecule has 0 aliphatic carbocycles. The van der Waals surface area contributed by atoms with E-state index < -0.39 is 55.3 Å². The molecule has 1 saturated heterocycles. The first-order valence-corrected chi connectivity index (χ1v) is 5.83. The lowest BCUT2D eigenvalue weighted by molar-refractivity contribution is -0.153. The van der Waals surface area contributed by atoms with Crippen molar-refractivity contribution < 1.29 is 34.3 Å². The molecule has 0 radical (unpaired) electrons. The van der Waals surface area contributed by atoms with Crippen molar-refractivity contribution in [2.24, 2.45) is 5.73 Å². The van der Waals surface area contributed by atoms with Gasteiger partial charge in [0.05, 0.1) is 13.2 Å². The van der Waals surface area contributed by atoms with Crippen LogP contribution in [0.25, 0.3) is 0 Å². The van der Waals surface area contributed by atoms with Crippen LogP contribution >= 0.6 is 0 Å². The number of hydrogen-bond acceptors (Lipinski definition) is 7. The molecule has 2 aliphatic rings. The minimum atomic E-state index is -1.84. The van der Waals surface area contributed by atoms with Gasteiger partial charge in [-0.15, -0.1) is 0 Å². The summed E-state index contributed by atoms with van der Waals surface area (Å²) in [6.45, 7) is -1.58. The molecule has 0 aromatic heterocycles. The Kier molecular flexibility index (Phi) is 3.95. The molecule has 114 valence electrons. The van der Waals surface area contributed by atoms with Crippen LogP contribution in [0.1, 0.15) is 0 Å². The topological polar surface area (TPSA) is 149 Å². The lowest BCUT2D eigenvalue weighted by Crippen LogP contribution is -2.56. The molecule has 0 saturated carbocycles. The molecule has 0 bridgehead atoms. The second kappa shape index (κ2) is 5.24. The zero-order valence-electron chi connectivity index (χ0n) is 10.3. The third-order valence-electron chi connectivity index (χ3n) is 3.39. The zero-order chi connectivity index (χ0) is 15.1. The van der Waals surface area contributed by atoms with Crippen LogP contribution in [0.3, 0.4) is 0 Å². The average Bonchev–Trinajstić information content (AvgIpc) is 2.68. The predicted octanol–water partition coefficient (Wildman–Crippen LogP) is -3.09. The molecule has 0 aromatic rings. The van der Waals surface area contributed by atoms with Crippen molar-refractivity contribution in [3.63, 3.8) is 0 Å². The first kappa shape index (κ1) is 15.1. The van der Waals surface area contributed by atoms with Crippen LogP contribution in [0.15, 0.2) is 12.0 Å². The minimum Gasteiger partial charge on any atom is -0.393 e. The lowest BCUT2D eigenvalue weighted by atomic mass is 9.97. The average molecular weight is 293 g/mol. The van der Waals surface area contributed by atoms with Gasteiger partial charge in [0.1, 0.15) is 24.0 Å². The maximum Gasteiger partial charge on any atom is 0.325 e. The second-order valence-corrected chi connectivity index (χ2v) is 4.67. The molecule has 9 nitrogen and oxygen atoms in total. The Hall–Kier alpha value is -1.30. The molecule has 10 heteroatoms. The molecular weight excluding hydrogens is 277 g/mol. The maximum absolute atomic E-state index is 13.4. The van der Waals surface area contributed by atoms with Crippen molar-refractivity contribution in [1.82, 2.24) is 10.2 Å². The molecular formula is C10H16FN3O6. The summed E-state index contributed by atoms with van der Waals surface area (Å²) >= 11 is 0. The summed E-state index contributed by atoms with van der Waals surface area (Å²) in [6, 6.07) is -0.846. The number of aliphatic hydroxyl groups excluding tert-OH is 4. The van der Waals surface area contributed by atoms with Crippen molar-refractivity contribution >= 4 is 6.03 Å². The van der Waals surface area contributed by atoms with E-state index in [0.29, 0.717) is 4.90 Å². The fraction of sp³-hybridized carbons (Fsp3) is 0.700. The number of hydrogen-bond donors (Lipinski definition) is 6. The standard InChI is InChI=1S/C10H16FN3O6/c11-4-1-14(9(19)13-7(4)12)8-5(17)6(18)10(2-15,3-16)20-8/h1,5-8,15-18H,2-3,12H2,(H,13,19)/t5-,6+,7?,8-/m1/s1. The molecule has 1 unspecified atom stereocenters. The van der Waals surface area contributed by atoms with Gasteiger partial charge in [-0.25, -0.2) is 9.18 Å². The van der Waals surface area contributed by atoms with Gasteiger partial charge in [0.25, 0.3) is 0 Å². The van der Waals surface area contributed by atoms with Crippen molar-refractivity contribution in [2.45, 2.75) is 30.2 Å². The highest BCUT2D eigenvalue weighted by Crippen LogP contribution is 2.33. The Labute approximate surface area is 113 Å². The SMILES string of the molecule is NC1NC(=O)N([C@@H]2OC(CO)(CO)[C@@H](O)[C@H]2O)C=C1F. The van der Waals surface area contributed by atoms with Crippen LogP contribution in [-0.4, -0.2) is 74.8 Å². The van der Waals surface area contributed by atoms with Crippen LogP contribution in [0, 0.1) is 0 Å². The van der Waals surface area contributed by atoms with Crippen molar-refractivity contribution in [1.29, 1.82) is 0 Å². The number of urea groups is 1. The zero-order valence-corrected chi connectivity index (χ0v) is 10.3. The normalized spacial score (nSPS) is 36.8. The summed E-state index contributed by atoms with van der Waals surface area (Å²) in [5, 5.41) is 40.2. The number of carbonyl (C=O) groups excluding carboxylic acids is 1. The van der Waals surface area contributed by atoms with Crippen LogP contribution in [0.4, 0.5) is 9.18 Å². The van der Waals surface area contributed by atoms with E-state index in [0.717, 1.165) is 6.20 Å². The summed E-state index contributed by atoms with van der Waals surface area (Å²) in [5.41, 5.74) is 3.42. The fourth-order valence-electron chi connectivity index (χ4n) is 2.12. The molecule has 7 N–H and O–H groups in total. The van der Waals surface area contributed by atoms with Gasteiger partial charge in [-0.2, -0.15) is 0 Å². The lowest BCUT2D eigenvalue weighted by Gasteiger charge is -2.33. The van der Waals surface area contributed by atoms with Crippen molar-refractivity contribution in [3.05, 3.63) is 12.0 Å². The largest absolute Gasteiger partial charge is 0.393 e. The summed E-state index contributed by atoms with van der Waals surface area (Å²) in [5.74, 6) is -0.875. The number of amides is 2. The second-order valence-electron chi connectivity index (χ2n) is 4.67. The number of ether oxygens (including phenoxy) is 1. The van der Waals surface area contributed by atoms with Crippen molar-refractivity contribution in [2.75, 3.05) is 13.2 Å². The van der Waals surface area contributed by atoms with E-state index in [-0.39, 0.29) is 0 Å². The van der Waals surface area contributed by atoms with E-state index in [1.165, 1.54) is 0 Å². The summed E-state index contributed by atoms with van der Waals surface area (Å²) in [6.07, 6.45) is -5.33. The Morgan fingerprint density at radius 2 is 2.05 bits per heavy atom. The highest BCUT2D eigenvalue weighted by Gasteiger charge is 2.56. The van der Waals surface area contributed by atoms with E-state index in [9.17, 15) is 29.6 Å². The van der Waals surface area contributed by atoms with E-state index in [2.05, 4.69) is 5.32 Å². The molecule has 2 rings (SSSR count). The summed E-state index contributed by atoms with van der Waals surface area (Å²) < 4.78 is 18.6. The van der Waals surface area contributed by atoms with Crippen molar-refractivity contribution in [3.8, 4) is 0 Å². The summed E-state index contributed by atoms with van der Waals surface area (Å²) in [7, 11) is 0. The van der Waals surface area contributed by atoms with Gasteiger partial charge in [0.15, 0.2) is 12.1 Å². The quantitative estimate of drug-likeness (QED) is 0.323. The van der Waals surface area contributed by atoms with Crippen LogP contribution in [0.5, 0.6) is 0 Å². The third kappa shape index (κ3) is 2.16. The fourth-order valence-corrected chi connectivity index (χ4v) is 2.12. The first-order chi connectivity index (χ1) is 9.36. The predicted molar refractivity (Wildman–Crippen MR) is 61.3 cm³/mol. The first-order valence-electron chi connectivity index (χ1n) is 5.83. The molecule has 2 amide bonds. The monoisotopic (exact) mass is 293 g/mol. The number of nitrogens with two attached hydrogens (primary N) is 1. The Bertz CT molecular complexity index is 429. The minimum absolute atomic E-state index is 0.666. The van der Waals surface area contributed by atoms with Gasteiger partial charge in [-0.3, -0.25) is 4.90 Å². The van der Waals surface area contributed by atoms with Gasteiger partial charge in [-0.1, -0.05) is 0 Å². The van der Waals surface area contributed by atoms with E-state index in [4.69, 9.17) is 10.5 Å². The van der Waals surface area contributed by atoms with Gasteiger partial charge in [-0.05, 0) is 0 Å². The Morgan fingerprint density at radius 3 is 2.55 bits per heavy atom. The van der Waals surface area contributed by atoms with E-state index in [1.807, 2.05) is 0 Å². The molecule has 1 fully saturated rings. The van der Waals surface area contributed by atoms with Gasteiger partial charge >= 0.3 is 6.03 Å². The van der Waals surface area contributed by atoms with Gasteiger partial charge < -0.3 is 36.2 Å². The maximum atomic E-state index is 13.4. The summed E-state index contributed by atoms with van der Waals surface area (Å²) in [4.78, 5) is 12.4. The molecule has 4 atom stereocenters.